The quantitative estimate of drug-likeness (QED) is 0.755. The molecule has 0 aliphatic heterocycles. The number of aromatic nitrogens is 2. The van der Waals surface area contributed by atoms with Crippen LogP contribution in [0.1, 0.15) is 19.4 Å². The summed E-state index contributed by atoms with van der Waals surface area (Å²) in [4.78, 5) is 14.9. The monoisotopic (exact) mass is 230 g/mol. The first-order chi connectivity index (χ1) is 8.16. The third kappa shape index (κ3) is 3.28. The smallest absolute Gasteiger partial charge is 0.302 e. The molecule has 0 fully saturated rings. The molecule has 90 valence electrons. The van der Waals surface area contributed by atoms with Crippen LogP contribution in [0.15, 0.2) is 41.5 Å². The second-order valence-corrected chi connectivity index (χ2v) is 3.61. The second kappa shape index (κ2) is 5.99. The van der Waals surface area contributed by atoms with Crippen LogP contribution in [0.2, 0.25) is 0 Å². The minimum atomic E-state index is -0.230. The molecule has 0 N–H and O–H groups in total. The Labute approximate surface area is 102 Å². The lowest BCUT2D eigenvalue weighted by molar-refractivity contribution is 0.812. The molecule has 0 amide bonds. The largest absolute Gasteiger partial charge is 0.347 e. The van der Waals surface area contributed by atoms with Gasteiger partial charge in [0.2, 0.25) is 0 Å². The summed E-state index contributed by atoms with van der Waals surface area (Å²) in [5, 5.41) is 0. The van der Waals surface area contributed by atoms with E-state index in [0.29, 0.717) is 0 Å². The highest BCUT2D eigenvalue weighted by atomic mass is 16.1. The molecule has 3 heteroatoms. The SMILES string of the molecule is CC.Cc1cccc(-c2cnc(=O)n(C)c2)c1. The number of aryl methyl sites for hydroxylation is 2. The van der Waals surface area contributed by atoms with E-state index in [4.69, 9.17) is 0 Å². The van der Waals surface area contributed by atoms with E-state index in [1.54, 1.807) is 19.4 Å². The molecule has 17 heavy (non-hydrogen) atoms. The van der Waals surface area contributed by atoms with Gasteiger partial charge in [0.25, 0.3) is 0 Å². The Morgan fingerprint density at radius 1 is 1.18 bits per heavy atom. The molecule has 1 aromatic heterocycles. The number of hydrogen-bond acceptors (Lipinski definition) is 2. The molecule has 0 atom stereocenters. The van der Waals surface area contributed by atoms with E-state index in [-0.39, 0.29) is 5.69 Å². The summed E-state index contributed by atoms with van der Waals surface area (Å²) < 4.78 is 1.48. The summed E-state index contributed by atoms with van der Waals surface area (Å²) in [6, 6.07) is 8.12. The first-order valence-corrected chi connectivity index (χ1v) is 5.76. The van der Waals surface area contributed by atoms with Gasteiger partial charge in [-0.3, -0.25) is 0 Å². The van der Waals surface area contributed by atoms with E-state index in [1.807, 2.05) is 39.0 Å². The Morgan fingerprint density at radius 2 is 1.88 bits per heavy atom. The molecule has 0 unspecified atom stereocenters. The van der Waals surface area contributed by atoms with Crippen molar-refractivity contribution in [2.24, 2.45) is 7.05 Å². The van der Waals surface area contributed by atoms with E-state index in [0.717, 1.165) is 11.1 Å². The van der Waals surface area contributed by atoms with Crippen molar-refractivity contribution in [1.29, 1.82) is 0 Å². The Bertz CT molecular complexity index is 544. The van der Waals surface area contributed by atoms with E-state index in [2.05, 4.69) is 11.1 Å². The van der Waals surface area contributed by atoms with Gasteiger partial charge in [-0.25, -0.2) is 9.78 Å². The molecule has 0 spiro atoms. The van der Waals surface area contributed by atoms with Crippen LogP contribution in [0.25, 0.3) is 11.1 Å². The van der Waals surface area contributed by atoms with Gasteiger partial charge in [-0.2, -0.15) is 0 Å². The predicted octanol–water partition coefficient (Wildman–Crippen LogP) is 2.78. The van der Waals surface area contributed by atoms with Crippen LogP contribution < -0.4 is 5.69 Å². The van der Waals surface area contributed by atoms with E-state index in [1.165, 1.54) is 10.1 Å². The topological polar surface area (TPSA) is 34.9 Å². The molecule has 1 heterocycles. The van der Waals surface area contributed by atoms with Crippen molar-refractivity contribution < 1.29 is 0 Å². The number of hydrogen-bond donors (Lipinski definition) is 0. The lowest BCUT2D eigenvalue weighted by Gasteiger charge is -2.03. The van der Waals surface area contributed by atoms with E-state index in [9.17, 15) is 4.79 Å². The fourth-order valence-corrected chi connectivity index (χ4v) is 1.49. The average molecular weight is 230 g/mol. The molecule has 2 aromatic rings. The van der Waals surface area contributed by atoms with Crippen molar-refractivity contribution in [3.63, 3.8) is 0 Å². The minimum absolute atomic E-state index is 0.230. The summed E-state index contributed by atoms with van der Waals surface area (Å²) in [6.45, 7) is 6.04. The van der Waals surface area contributed by atoms with Crippen LogP contribution in [0, 0.1) is 6.92 Å². The molecule has 0 radical (unpaired) electrons. The Hall–Kier alpha value is -1.90. The van der Waals surface area contributed by atoms with Crippen LogP contribution in [-0.4, -0.2) is 9.55 Å². The van der Waals surface area contributed by atoms with Crippen LogP contribution in [0.3, 0.4) is 0 Å². The predicted molar refractivity (Wildman–Crippen MR) is 71.0 cm³/mol. The first kappa shape index (κ1) is 13.2. The summed E-state index contributed by atoms with van der Waals surface area (Å²) in [7, 11) is 1.70. The van der Waals surface area contributed by atoms with Gasteiger partial charge in [0.1, 0.15) is 0 Å². The molecule has 3 nitrogen and oxygen atoms in total. The molecule has 2 rings (SSSR count). The highest BCUT2D eigenvalue weighted by Gasteiger charge is 1.99. The highest BCUT2D eigenvalue weighted by molar-refractivity contribution is 5.62. The van der Waals surface area contributed by atoms with E-state index >= 15 is 0 Å². The van der Waals surface area contributed by atoms with Gasteiger partial charge in [0, 0.05) is 25.0 Å². The maximum absolute atomic E-state index is 11.1. The standard InChI is InChI=1S/C12H12N2O.C2H6/c1-9-4-3-5-10(6-9)11-7-13-12(15)14(2)8-11;1-2/h3-8H,1-2H3;1-2H3. The van der Waals surface area contributed by atoms with Gasteiger partial charge in [-0.15, -0.1) is 0 Å². The summed E-state index contributed by atoms with van der Waals surface area (Å²) >= 11 is 0. The Morgan fingerprint density at radius 3 is 2.47 bits per heavy atom. The maximum Gasteiger partial charge on any atom is 0.347 e. The molecule has 0 aliphatic rings. The third-order valence-corrected chi connectivity index (χ3v) is 2.30. The number of nitrogens with zero attached hydrogens (tertiary/aromatic N) is 2. The van der Waals surface area contributed by atoms with Gasteiger partial charge in [-0.1, -0.05) is 43.7 Å². The molecule has 0 bridgehead atoms. The van der Waals surface area contributed by atoms with Gasteiger partial charge in [0.05, 0.1) is 0 Å². The zero-order chi connectivity index (χ0) is 12.8. The summed E-state index contributed by atoms with van der Waals surface area (Å²) in [5.74, 6) is 0. The van der Waals surface area contributed by atoms with Crippen LogP contribution >= 0.6 is 0 Å². The lowest BCUT2D eigenvalue weighted by atomic mass is 10.1. The lowest BCUT2D eigenvalue weighted by Crippen LogP contribution is -2.18. The zero-order valence-electron chi connectivity index (χ0n) is 10.8. The third-order valence-electron chi connectivity index (χ3n) is 2.30. The molecule has 0 saturated heterocycles. The summed E-state index contributed by atoms with van der Waals surface area (Å²) in [5.41, 5.74) is 3.01. The van der Waals surface area contributed by atoms with Crippen molar-refractivity contribution in [3.8, 4) is 11.1 Å². The first-order valence-electron chi connectivity index (χ1n) is 5.76. The minimum Gasteiger partial charge on any atom is -0.302 e. The normalized spacial score (nSPS) is 9.41. The van der Waals surface area contributed by atoms with Crippen molar-refractivity contribution in [3.05, 3.63) is 52.7 Å². The molecule has 0 saturated carbocycles. The zero-order valence-corrected chi connectivity index (χ0v) is 10.8. The van der Waals surface area contributed by atoms with Crippen LogP contribution in [0.5, 0.6) is 0 Å². The molecule has 0 aliphatic carbocycles. The number of benzene rings is 1. The second-order valence-electron chi connectivity index (χ2n) is 3.61. The van der Waals surface area contributed by atoms with Gasteiger partial charge in [0.15, 0.2) is 0 Å². The maximum atomic E-state index is 11.1. The Balaban J connectivity index is 0.000000686. The van der Waals surface area contributed by atoms with Gasteiger partial charge >= 0.3 is 5.69 Å². The van der Waals surface area contributed by atoms with Gasteiger partial charge < -0.3 is 4.57 Å². The van der Waals surface area contributed by atoms with Crippen molar-refractivity contribution >= 4 is 0 Å². The van der Waals surface area contributed by atoms with Crippen LogP contribution in [-0.2, 0) is 7.05 Å². The molecule has 1 aromatic carbocycles. The fourth-order valence-electron chi connectivity index (χ4n) is 1.49. The highest BCUT2D eigenvalue weighted by Crippen LogP contribution is 2.17. The van der Waals surface area contributed by atoms with Crippen molar-refractivity contribution in [2.75, 3.05) is 0 Å². The molecular weight excluding hydrogens is 212 g/mol. The fraction of sp³-hybridized carbons (Fsp3) is 0.286. The number of rotatable bonds is 1. The molecular formula is C14H18N2O. The van der Waals surface area contributed by atoms with E-state index < -0.39 is 0 Å². The Kier molecular flexibility index (Phi) is 4.64. The summed E-state index contributed by atoms with van der Waals surface area (Å²) in [6.07, 6.45) is 3.40. The van der Waals surface area contributed by atoms with Crippen LogP contribution in [0.4, 0.5) is 0 Å². The van der Waals surface area contributed by atoms with Gasteiger partial charge in [-0.05, 0) is 12.5 Å². The van der Waals surface area contributed by atoms with Crippen molar-refractivity contribution in [1.82, 2.24) is 9.55 Å². The average Bonchev–Trinajstić information content (AvgIpc) is 2.35. The van der Waals surface area contributed by atoms with Crippen molar-refractivity contribution in [2.45, 2.75) is 20.8 Å².